The maximum Gasteiger partial charge on any atom is 0.164 e. The van der Waals surface area contributed by atoms with Crippen molar-refractivity contribution in [2.24, 2.45) is 0 Å². The van der Waals surface area contributed by atoms with Crippen LogP contribution in [0.4, 0.5) is 0 Å². The lowest BCUT2D eigenvalue weighted by Crippen LogP contribution is -2.43. The number of hydrogen-bond acceptors (Lipinski definition) is 5. The van der Waals surface area contributed by atoms with E-state index in [1.54, 1.807) is 0 Å². The molecule has 5 nitrogen and oxygen atoms in total. The molecule has 4 N–H and O–H groups in total. The first-order valence-electron chi connectivity index (χ1n) is 7.72. The van der Waals surface area contributed by atoms with Crippen LogP contribution in [0.3, 0.4) is 0 Å². The average molecular weight is 290 g/mol. The minimum absolute atomic E-state index is 0.200. The third kappa shape index (κ3) is 8.64. The van der Waals surface area contributed by atoms with Crippen LogP contribution in [-0.2, 0) is 4.79 Å². The SMILES string of the molecule is CCCCCCCCCCC(=O)[C@H](O)[C@@H](O)[C@H](O)CO. The normalized spacial score (nSPS) is 15.8. The summed E-state index contributed by atoms with van der Waals surface area (Å²) in [5.74, 6) is -0.476. The zero-order valence-electron chi connectivity index (χ0n) is 12.5. The number of carbonyl (C=O) groups excluding carboxylic acids is 1. The number of aliphatic hydroxyl groups is 4. The molecule has 0 aliphatic carbocycles. The summed E-state index contributed by atoms with van der Waals surface area (Å²) >= 11 is 0. The molecule has 0 rings (SSSR count). The Kier molecular flexibility index (Phi) is 12.0. The second-order valence-corrected chi connectivity index (χ2v) is 5.38. The van der Waals surface area contributed by atoms with Gasteiger partial charge in [0.1, 0.15) is 18.3 Å². The molecule has 0 aliphatic heterocycles. The fourth-order valence-electron chi connectivity index (χ4n) is 2.09. The Morgan fingerprint density at radius 1 is 0.900 bits per heavy atom. The van der Waals surface area contributed by atoms with Crippen molar-refractivity contribution in [1.82, 2.24) is 0 Å². The lowest BCUT2D eigenvalue weighted by Gasteiger charge is -2.20. The number of hydrogen-bond donors (Lipinski definition) is 4. The van der Waals surface area contributed by atoms with Gasteiger partial charge in [-0.15, -0.1) is 0 Å². The van der Waals surface area contributed by atoms with E-state index in [0.717, 1.165) is 12.8 Å². The molecule has 0 aliphatic rings. The third-order valence-electron chi connectivity index (χ3n) is 3.51. The predicted molar refractivity (Wildman–Crippen MR) is 77.3 cm³/mol. The molecule has 0 aromatic heterocycles. The standard InChI is InChI=1S/C15H30O5/c1-2-3-4-5-6-7-8-9-10-12(17)14(19)15(20)13(18)11-16/h13-16,18-20H,2-11H2,1H3/t13-,14+,15+/m1/s1. The smallest absolute Gasteiger partial charge is 0.164 e. The Hall–Kier alpha value is -0.490. The van der Waals surface area contributed by atoms with Crippen LogP contribution in [0, 0.1) is 0 Å². The van der Waals surface area contributed by atoms with E-state index in [9.17, 15) is 15.0 Å². The highest BCUT2D eigenvalue weighted by molar-refractivity contribution is 5.83. The van der Waals surface area contributed by atoms with E-state index in [2.05, 4.69) is 6.92 Å². The monoisotopic (exact) mass is 290 g/mol. The van der Waals surface area contributed by atoms with Gasteiger partial charge >= 0.3 is 0 Å². The summed E-state index contributed by atoms with van der Waals surface area (Å²) in [4.78, 5) is 11.6. The highest BCUT2D eigenvalue weighted by atomic mass is 16.4. The van der Waals surface area contributed by atoms with Crippen molar-refractivity contribution in [2.75, 3.05) is 6.61 Å². The lowest BCUT2D eigenvalue weighted by atomic mass is 9.99. The highest BCUT2D eigenvalue weighted by Crippen LogP contribution is 2.11. The molecule has 20 heavy (non-hydrogen) atoms. The van der Waals surface area contributed by atoms with Gasteiger partial charge in [-0.2, -0.15) is 0 Å². The Labute approximate surface area is 121 Å². The van der Waals surface area contributed by atoms with E-state index in [-0.39, 0.29) is 6.42 Å². The van der Waals surface area contributed by atoms with Crippen molar-refractivity contribution in [3.05, 3.63) is 0 Å². The maximum atomic E-state index is 11.6. The number of aliphatic hydroxyl groups excluding tert-OH is 4. The summed E-state index contributed by atoms with van der Waals surface area (Å²) in [6, 6.07) is 0. The first kappa shape index (κ1) is 19.5. The molecule has 0 radical (unpaired) electrons. The van der Waals surface area contributed by atoms with Crippen LogP contribution in [-0.4, -0.2) is 51.1 Å². The van der Waals surface area contributed by atoms with E-state index in [4.69, 9.17) is 10.2 Å². The molecule has 0 amide bonds. The van der Waals surface area contributed by atoms with Crippen LogP contribution in [0.15, 0.2) is 0 Å². The molecule has 0 fully saturated rings. The molecule has 0 saturated carbocycles. The number of Topliss-reactive ketones (excluding diaryl/α,β-unsaturated/α-hetero) is 1. The summed E-state index contributed by atoms with van der Waals surface area (Å²) in [7, 11) is 0. The van der Waals surface area contributed by atoms with Crippen LogP contribution in [0.5, 0.6) is 0 Å². The quantitative estimate of drug-likeness (QED) is 0.382. The minimum atomic E-state index is -1.61. The van der Waals surface area contributed by atoms with Crippen molar-refractivity contribution in [2.45, 2.75) is 83.0 Å². The highest BCUT2D eigenvalue weighted by Gasteiger charge is 2.29. The summed E-state index contributed by atoms with van der Waals surface area (Å²) < 4.78 is 0. The fourth-order valence-corrected chi connectivity index (χ4v) is 2.09. The van der Waals surface area contributed by atoms with Crippen LogP contribution < -0.4 is 0 Å². The van der Waals surface area contributed by atoms with Crippen molar-refractivity contribution >= 4 is 5.78 Å². The third-order valence-corrected chi connectivity index (χ3v) is 3.51. The number of unbranched alkanes of at least 4 members (excludes halogenated alkanes) is 7. The van der Waals surface area contributed by atoms with Gasteiger partial charge < -0.3 is 20.4 Å². The average Bonchev–Trinajstić information content (AvgIpc) is 2.47. The summed E-state index contributed by atoms with van der Waals surface area (Å²) in [6.07, 6.45) is 4.36. The van der Waals surface area contributed by atoms with Gasteiger partial charge in [0.05, 0.1) is 6.61 Å². The molecule has 0 aromatic rings. The van der Waals surface area contributed by atoms with Gasteiger partial charge in [0.2, 0.25) is 0 Å². The summed E-state index contributed by atoms with van der Waals surface area (Å²) in [5.41, 5.74) is 0. The largest absolute Gasteiger partial charge is 0.394 e. The van der Waals surface area contributed by atoms with Crippen LogP contribution in [0.1, 0.15) is 64.7 Å². The molecule has 0 spiro atoms. The van der Waals surface area contributed by atoms with Crippen molar-refractivity contribution in [3.8, 4) is 0 Å². The summed E-state index contributed by atoms with van der Waals surface area (Å²) in [5, 5.41) is 36.7. The molecule has 5 heteroatoms. The zero-order valence-corrected chi connectivity index (χ0v) is 12.5. The summed E-state index contributed by atoms with van der Waals surface area (Å²) in [6.45, 7) is 1.50. The van der Waals surface area contributed by atoms with Crippen LogP contribution in [0.25, 0.3) is 0 Å². The predicted octanol–water partition coefficient (Wildman–Crippen LogP) is 1.16. The first-order chi connectivity index (χ1) is 9.54. The van der Waals surface area contributed by atoms with Gasteiger partial charge in [0.25, 0.3) is 0 Å². The molecule has 0 bridgehead atoms. The number of carbonyl (C=O) groups is 1. The van der Waals surface area contributed by atoms with Gasteiger partial charge in [-0.05, 0) is 6.42 Å². The minimum Gasteiger partial charge on any atom is -0.394 e. The molecular formula is C15H30O5. The van der Waals surface area contributed by atoms with Gasteiger partial charge in [-0.25, -0.2) is 0 Å². The van der Waals surface area contributed by atoms with Gasteiger partial charge in [-0.3, -0.25) is 4.79 Å². The molecule has 0 unspecified atom stereocenters. The van der Waals surface area contributed by atoms with E-state index < -0.39 is 30.7 Å². The van der Waals surface area contributed by atoms with Crippen molar-refractivity contribution < 1.29 is 25.2 Å². The molecular weight excluding hydrogens is 260 g/mol. The van der Waals surface area contributed by atoms with E-state index >= 15 is 0 Å². The van der Waals surface area contributed by atoms with Crippen molar-refractivity contribution in [1.29, 1.82) is 0 Å². The molecule has 0 saturated heterocycles. The number of ketones is 1. The van der Waals surface area contributed by atoms with Crippen LogP contribution >= 0.6 is 0 Å². The van der Waals surface area contributed by atoms with Crippen molar-refractivity contribution in [3.63, 3.8) is 0 Å². The van der Waals surface area contributed by atoms with Gasteiger partial charge in [0.15, 0.2) is 5.78 Å². The Morgan fingerprint density at radius 2 is 1.40 bits per heavy atom. The second-order valence-electron chi connectivity index (χ2n) is 5.38. The van der Waals surface area contributed by atoms with E-state index in [1.165, 1.54) is 32.1 Å². The molecule has 3 atom stereocenters. The fraction of sp³-hybridized carbons (Fsp3) is 0.933. The lowest BCUT2D eigenvalue weighted by molar-refractivity contribution is -0.140. The Morgan fingerprint density at radius 3 is 1.90 bits per heavy atom. The second kappa shape index (κ2) is 12.3. The first-order valence-corrected chi connectivity index (χ1v) is 7.72. The molecule has 0 heterocycles. The Bertz CT molecular complexity index is 244. The van der Waals surface area contributed by atoms with Crippen LogP contribution in [0.2, 0.25) is 0 Å². The molecule has 0 aromatic carbocycles. The van der Waals surface area contributed by atoms with Gasteiger partial charge in [0, 0.05) is 6.42 Å². The van der Waals surface area contributed by atoms with E-state index in [0.29, 0.717) is 6.42 Å². The number of rotatable bonds is 13. The van der Waals surface area contributed by atoms with E-state index in [1.807, 2.05) is 0 Å². The maximum absolute atomic E-state index is 11.6. The zero-order chi connectivity index (χ0) is 15.4. The topological polar surface area (TPSA) is 98.0 Å². The molecule has 120 valence electrons. The van der Waals surface area contributed by atoms with Gasteiger partial charge in [-0.1, -0.05) is 51.9 Å². The Balaban J connectivity index is 3.62.